The molecule has 1 aliphatic heterocycles. The molecule has 1 amide bonds. The number of nitrogens with zero attached hydrogens (tertiary/aromatic N) is 1. The Morgan fingerprint density at radius 3 is 2.10 bits per heavy atom. The molecule has 0 aromatic rings. The number of nitrogens with one attached hydrogen (secondary N) is 4. The van der Waals surface area contributed by atoms with Crippen molar-refractivity contribution >= 4 is 5.91 Å². The van der Waals surface area contributed by atoms with Gasteiger partial charge in [0.2, 0.25) is 5.91 Å². The minimum Gasteiger partial charge on any atom is -0.382 e. The minimum atomic E-state index is -0.430. The third-order valence-corrected chi connectivity index (χ3v) is 9.29. The van der Waals surface area contributed by atoms with E-state index in [9.17, 15) is 4.79 Å². The van der Waals surface area contributed by atoms with E-state index in [-0.39, 0.29) is 40.3 Å². The summed E-state index contributed by atoms with van der Waals surface area (Å²) in [5, 5.41) is 14.0. The number of rotatable bonds is 16. The van der Waals surface area contributed by atoms with Gasteiger partial charge in [-0.2, -0.15) is 0 Å². The Hall–Kier alpha value is -2.63. The molecule has 1 aliphatic carbocycles. The number of hydrogen-bond acceptors (Lipinski definition) is 5. The van der Waals surface area contributed by atoms with Gasteiger partial charge in [-0.25, -0.2) is 0 Å². The zero-order valence-corrected chi connectivity index (χ0v) is 28.0. The lowest BCUT2D eigenvalue weighted by Gasteiger charge is -2.41. The van der Waals surface area contributed by atoms with Gasteiger partial charge in [-0.15, -0.1) is 6.58 Å². The molecule has 3 unspecified atom stereocenters. The lowest BCUT2D eigenvalue weighted by Crippen LogP contribution is -2.58. The van der Waals surface area contributed by atoms with Gasteiger partial charge in [-0.1, -0.05) is 108 Å². The number of hydrogen-bond donors (Lipinski definition) is 4. The standard InChI is InChI=1S/C35H61N5O/c1-16-19-27(22(4)23(5)36-20-17-2)37-24(6)30-29-26(35(29,14)15)21-40(30)32(41)31(34(11,12)13)39-25(7)38-28(18-3)33(8,9)10/h17,26-31,36-39H,2,4-7,16,18-21H2,1,3,8-15H3/t26-,27?,28+,29-,30?,31?/m0/s1. The maximum absolute atomic E-state index is 14.4. The molecule has 6 heteroatoms. The lowest BCUT2D eigenvalue weighted by molar-refractivity contribution is -0.137. The molecular formula is C35H61N5O. The van der Waals surface area contributed by atoms with Crippen LogP contribution in [0.4, 0.5) is 0 Å². The highest BCUT2D eigenvalue weighted by atomic mass is 16.2. The first-order chi connectivity index (χ1) is 18.8. The van der Waals surface area contributed by atoms with Crippen LogP contribution < -0.4 is 21.3 Å². The van der Waals surface area contributed by atoms with Crippen molar-refractivity contribution in [3.8, 4) is 0 Å². The summed E-state index contributed by atoms with van der Waals surface area (Å²) in [7, 11) is 0. The largest absolute Gasteiger partial charge is 0.382 e. The van der Waals surface area contributed by atoms with E-state index in [1.54, 1.807) is 0 Å². The van der Waals surface area contributed by atoms with Gasteiger partial charge in [-0.05, 0) is 46.5 Å². The van der Waals surface area contributed by atoms with Crippen LogP contribution in [0, 0.1) is 28.1 Å². The van der Waals surface area contributed by atoms with Crippen molar-refractivity contribution in [3.05, 3.63) is 61.8 Å². The molecule has 4 N–H and O–H groups in total. The number of fused-ring (bicyclic) bond motifs is 1. The van der Waals surface area contributed by atoms with Gasteiger partial charge in [0.05, 0.1) is 17.9 Å². The van der Waals surface area contributed by atoms with Gasteiger partial charge in [0.25, 0.3) is 0 Å². The second kappa shape index (κ2) is 13.1. The summed E-state index contributed by atoms with van der Waals surface area (Å²) in [4.78, 5) is 16.5. The fourth-order valence-corrected chi connectivity index (χ4v) is 6.54. The van der Waals surface area contributed by atoms with Crippen molar-refractivity contribution in [2.24, 2.45) is 28.1 Å². The van der Waals surface area contributed by atoms with Crippen LogP contribution >= 0.6 is 0 Å². The van der Waals surface area contributed by atoms with Gasteiger partial charge in [0.15, 0.2) is 0 Å². The molecule has 6 nitrogen and oxygen atoms in total. The molecule has 0 bridgehead atoms. The highest BCUT2D eigenvalue weighted by molar-refractivity contribution is 5.84. The molecular weight excluding hydrogens is 506 g/mol. The maximum atomic E-state index is 14.4. The number of piperidine rings is 1. The third kappa shape index (κ3) is 8.02. The number of likely N-dealkylation sites (tertiary alicyclic amines) is 1. The number of carbonyl (C=O) groups is 1. The van der Waals surface area contributed by atoms with Crippen molar-refractivity contribution in [1.82, 2.24) is 26.2 Å². The molecule has 1 heterocycles. The normalized spacial score (nSPS) is 23.4. The van der Waals surface area contributed by atoms with Gasteiger partial charge >= 0.3 is 0 Å². The van der Waals surface area contributed by atoms with Crippen molar-refractivity contribution in [2.45, 2.75) is 113 Å². The van der Waals surface area contributed by atoms with Crippen LogP contribution in [0.1, 0.15) is 88.5 Å². The summed E-state index contributed by atoms with van der Waals surface area (Å²) in [6.45, 7) is 44.5. The van der Waals surface area contributed by atoms with Gasteiger partial charge in [-0.3, -0.25) is 4.79 Å². The minimum absolute atomic E-state index is 0.0147. The zero-order chi connectivity index (χ0) is 31.5. The molecule has 1 saturated heterocycles. The molecule has 232 valence electrons. The van der Waals surface area contributed by atoms with Crippen molar-refractivity contribution in [1.29, 1.82) is 0 Å². The molecule has 0 aromatic carbocycles. The number of amides is 1. The summed E-state index contributed by atoms with van der Waals surface area (Å²) < 4.78 is 0. The lowest BCUT2D eigenvalue weighted by atomic mass is 9.84. The van der Waals surface area contributed by atoms with Crippen LogP contribution in [0.15, 0.2) is 61.8 Å². The van der Waals surface area contributed by atoms with E-state index in [1.165, 1.54) is 0 Å². The number of carbonyl (C=O) groups excluding carboxylic acids is 1. The predicted octanol–water partition coefficient (Wildman–Crippen LogP) is 6.48. The first-order valence-electron chi connectivity index (χ1n) is 15.5. The van der Waals surface area contributed by atoms with Crippen molar-refractivity contribution in [2.75, 3.05) is 13.1 Å². The average molecular weight is 568 g/mol. The zero-order valence-electron chi connectivity index (χ0n) is 28.0. The van der Waals surface area contributed by atoms with Crippen LogP contribution in [0.5, 0.6) is 0 Å². The van der Waals surface area contributed by atoms with Crippen LogP contribution in [0.3, 0.4) is 0 Å². The molecule has 2 aliphatic rings. The first kappa shape index (κ1) is 34.6. The quantitative estimate of drug-likeness (QED) is 0.127. The van der Waals surface area contributed by atoms with Crippen LogP contribution in [-0.2, 0) is 4.79 Å². The van der Waals surface area contributed by atoms with E-state index in [0.29, 0.717) is 24.2 Å². The van der Waals surface area contributed by atoms with Crippen LogP contribution in [0.25, 0.3) is 0 Å². The molecule has 6 atom stereocenters. The summed E-state index contributed by atoms with van der Waals surface area (Å²) >= 11 is 0. The predicted molar refractivity (Wildman–Crippen MR) is 176 cm³/mol. The van der Waals surface area contributed by atoms with Gasteiger partial charge < -0.3 is 26.2 Å². The Balaban J connectivity index is 2.30. The molecule has 2 rings (SSSR count). The Kier molecular flexibility index (Phi) is 11.1. The Labute approximate surface area is 252 Å². The van der Waals surface area contributed by atoms with E-state index in [2.05, 4.69) is 128 Å². The first-order valence-corrected chi connectivity index (χ1v) is 15.5. The fourth-order valence-electron chi connectivity index (χ4n) is 6.54. The smallest absolute Gasteiger partial charge is 0.246 e. The summed E-state index contributed by atoms with van der Waals surface area (Å²) in [5.74, 6) is 1.63. The van der Waals surface area contributed by atoms with E-state index in [1.807, 2.05) is 6.08 Å². The van der Waals surface area contributed by atoms with E-state index < -0.39 is 6.04 Å². The average Bonchev–Trinajstić information content (AvgIpc) is 3.19. The van der Waals surface area contributed by atoms with Gasteiger partial charge in [0.1, 0.15) is 6.04 Å². The molecule has 0 radical (unpaired) electrons. The maximum Gasteiger partial charge on any atom is 0.246 e. The second-order valence-corrected chi connectivity index (χ2v) is 15.0. The second-order valence-electron chi connectivity index (χ2n) is 15.0. The highest BCUT2D eigenvalue weighted by Crippen LogP contribution is 2.65. The third-order valence-electron chi connectivity index (χ3n) is 9.29. The molecule has 1 saturated carbocycles. The van der Waals surface area contributed by atoms with E-state index in [0.717, 1.165) is 42.8 Å². The molecule has 2 fully saturated rings. The van der Waals surface area contributed by atoms with Crippen molar-refractivity contribution in [3.63, 3.8) is 0 Å². The van der Waals surface area contributed by atoms with Crippen LogP contribution in [0.2, 0.25) is 0 Å². The van der Waals surface area contributed by atoms with Gasteiger partial charge in [0, 0.05) is 30.5 Å². The van der Waals surface area contributed by atoms with Crippen LogP contribution in [-0.4, -0.2) is 48.1 Å². The summed E-state index contributed by atoms with van der Waals surface area (Å²) in [5.41, 5.74) is 2.53. The summed E-state index contributed by atoms with van der Waals surface area (Å²) in [6, 6.07) is -0.288. The van der Waals surface area contributed by atoms with Crippen molar-refractivity contribution < 1.29 is 4.79 Å². The van der Waals surface area contributed by atoms with E-state index >= 15 is 0 Å². The molecule has 41 heavy (non-hydrogen) atoms. The fraction of sp³-hybridized carbons (Fsp3) is 0.686. The Morgan fingerprint density at radius 2 is 1.61 bits per heavy atom. The molecule has 0 aromatic heterocycles. The van der Waals surface area contributed by atoms with E-state index in [4.69, 9.17) is 0 Å². The Bertz CT molecular complexity index is 1010. The Morgan fingerprint density at radius 1 is 1.00 bits per heavy atom. The SMILES string of the molecule is C=CCNC(=C)C(=C)C(CCC)NC(=C)C1[C@@H]2[C@H](CN1C(=O)C(NC(=C)N[C@H](CC)C(C)(C)C)C(C)(C)C)C2(C)C. The molecule has 0 spiro atoms. The highest BCUT2D eigenvalue weighted by Gasteiger charge is 2.68. The monoisotopic (exact) mass is 567 g/mol. The topological polar surface area (TPSA) is 68.4 Å². The summed E-state index contributed by atoms with van der Waals surface area (Å²) in [6.07, 6.45) is 4.67.